The van der Waals surface area contributed by atoms with E-state index in [2.05, 4.69) is 0 Å². The summed E-state index contributed by atoms with van der Waals surface area (Å²) in [6.07, 6.45) is 0. The molecule has 1 fully saturated rings. The van der Waals surface area contributed by atoms with E-state index in [1.807, 2.05) is 0 Å². The van der Waals surface area contributed by atoms with Crippen molar-refractivity contribution in [2.45, 2.75) is 16.1 Å². The van der Waals surface area contributed by atoms with Crippen LogP contribution in [-0.4, -0.2) is 33.9 Å². The predicted octanol–water partition coefficient (Wildman–Crippen LogP) is 2.36. The first kappa shape index (κ1) is 17.1. The average molecular weight is 349 g/mol. The summed E-state index contributed by atoms with van der Waals surface area (Å²) >= 11 is 0. The van der Waals surface area contributed by atoms with Crippen LogP contribution in [0.25, 0.3) is 0 Å². The van der Waals surface area contributed by atoms with Crippen LogP contribution in [0.15, 0.2) is 59.5 Å². The van der Waals surface area contributed by atoms with Gasteiger partial charge in [0.2, 0.25) is 0 Å². The molecular weight excluding hydrogens is 329 g/mol. The summed E-state index contributed by atoms with van der Waals surface area (Å²) in [6, 6.07) is 14.3. The Bertz CT molecular complexity index is 808. The van der Waals surface area contributed by atoms with Gasteiger partial charge >= 0.3 is 0 Å². The minimum absolute atomic E-state index is 0.180. The van der Waals surface area contributed by atoms with Gasteiger partial charge in [0.15, 0.2) is 9.84 Å². The van der Waals surface area contributed by atoms with Crippen LogP contribution in [0.3, 0.4) is 0 Å². The fourth-order valence-corrected chi connectivity index (χ4v) is 6.08. The van der Waals surface area contributed by atoms with Crippen molar-refractivity contribution in [2.24, 2.45) is 11.1 Å². The highest BCUT2D eigenvalue weighted by Crippen LogP contribution is 2.63. The van der Waals surface area contributed by atoms with E-state index in [9.17, 15) is 12.8 Å². The van der Waals surface area contributed by atoms with E-state index in [1.165, 1.54) is 19.2 Å². The fraction of sp³-hybridized carbons (Fsp3) is 0.333. The summed E-state index contributed by atoms with van der Waals surface area (Å²) in [5.74, 6) is -0.666. The molecule has 0 radical (unpaired) electrons. The lowest BCUT2D eigenvalue weighted by molar-refractivity contribution is 0.142. The van der Waals surface area contributed by atoms with Crippen LogP contribution in [-0.2, 0) is 14.6 Å². The Hall–Kier alpha value is -1.76. The minimum Gasteiger partial charge on any atom is -0.384 e. The molecule has 1 saturated carbocycles. The van der Waals surface area contributed by atoms with E-state index in [0.29, 0.717) is 0 Å². The molecule has 1 aliphatic rings. The van der Waals surface area contributed by atoms with E-state index in [-0.39, 0.29) is 29.8 Å². The highest BCUT2D eigenvalue weighted by molar-refractivity contribution is 7.92. The van der Waals surface area contributed by atoms with Gasteiger partial charge in [-0.3, -0.25) is 0 Å². The maximum atomic E-state index is 13.2. The summed E-state index contributed by atoms with van der Waals surface area (Å²) in [6.45, 7) is 0.419. The molecule has 2 aromatic carbocycles. The Labute approximate surface area is 141 Å². The van der Waals surface area contributed by atoms with Crippen molar-refractivity contribution in [3.8, 4) is 0 Å². The second-order valence-corrected chi connectivity index (χ2v) is 8.25. The largest absolute Gasteiger partial charge is 0.384 e. The summed E-state index contributed by atoms with van der Waals surface area (Å²) in [5.41, 5.74) is 6.03. The van der Waals surface area contributed by atoms with Crippen LogP contribution >= 0.6 is 0 Å². The molecule has 2 aromatic rings. The lowest BCUT2D eigenvalue weighted by atomic mass is 10.00. The van der Waals surface area contributed by atoms with Crippen molar-refractivity contribution in [3.63, 3.8) is 0 Å². The van der Waals surface area contributed by atoms with Crippen LogP contribution in [0.1, 0.15) is 11.5 Å². The van der Waals surface area contributed by atoms with E-state index in [1.54, 1.807) is 42.5 Å². The number of methoxy groups -OCH3 is 1. The smallest absolute Gasteiger partial charge is 0.182 e. The zero-order chi connectivity index (χ0) is 17.4. The molecule has 0 aliphatic heterocycles. The molecule has 128 valence electrons. The Morgan fingerprint density at radius 1 is 1.12 bits per heavy atom. The number of benzene rings is 2. The number of nitrogens with two attached hydrogens (primary N) is 1. The summed E-state index contributed by atoms with van der Waals surface area (Å²) in [7, 11) is -2.04. The molecule has 0 unspecified atom stereocenters. The molecule has 24 heavy (non-hydrogen) atoms. The van der Waals surface area contributed by atoms with Gasteiger partial charge in [-0.15, -0.1) is 0 Å². The molecular formula is C18H20FNO3S. The number of hydrogen-bond donors (Lipinski definition) is 1. The van der Waals surface area contributed by atoms with Crippen LogP contribution in [0.4, 0.5) is 4.39 Å². The first-order chi connectivity index (χ1) is 11.5. The number of halogens is 1. The zero-order valence-electron chi connectivity index (χ0n) is 13.4. The van der Waals surface area contributed by atoms with Crippen molar-refractivity contribution in [2.75, 3.05) is 20.3 Å². The van der Waals surface area contributed by atoms with Gasteiger partial charge < -0.3 is 10.5 Å². The molecule has 0 bridgehead atoms. The van der Waals surface area contributed by atoms with Crippen LogP contribution in [0.2, 0.25) is 0 Å². The molecule has 0 amide bonds. The Morgan fingerprint density at radius 3 is 2.29 bits per heavy atom. The lowest BCUT2D eigenvalue weighted by Crippen LogP contribution is -2.28. The van der Waals surface area contributed by atoms with Gasteiger partial charge in [0.05, 0.1) is 16.8 Å². The summed E-state index contributed by atoms with van der Waals surface area (Å²) in [5, 5.41) is -0.678. The first-order valence-electron chi connectivity index (χ1n) is 7.71. The maximum Gasteiger partial charge on any atom is 0.182 e. The van der Waals surface area contributed by atoms with Crippen LogP contribution < -0.4 is 5.73 Å². The molecule has 6 heteroatoms. The number of sulfone groups is 1. The normalized spacial score (nSPS) is 26.3. The monoisotopic (exact) mass is 349 g/mol. The lowest BCUT2D eigenvalue weighted by Gasteiger charge is -2.14. The summed E-state index contributed by atoms with van der Waals surface area (Å²) in [4.78, 5) is 0.272. The van der Waals surface area contributed by atoms with Crippen molar-refractivity contribution in [1.29, 1.82) is 0 Å². The highest BCUT2D eigenvalue weighted by Gasteiger charge is 2.70. The van der Waals surface area contributed by atoms with Gasteiger partial charge in [0.25, 0.3) is 0 Å². The number of rotatable bonds is 6. The average Bonchev–Trinajstić information content (AvgIpc) is 3.26. The van der Waals surface area contributed by atoms with Gasteiger partial charge in [-0.2, -0.15) is 0 Å². The van der Waals surface area contributed by atoms with Gasteiger partial charge in [-0.1, -0.05) is 30.3 Å². The zero-order valence-corrected chi connectivity index (χ0v) is 14.2. The first-order valence-corrected chi connectivity index (χ1v) is 9.25. The molecule has 3 atom stereocenters. The molecule has 0 aromatic heterocycles. The second-order valence-electron chi connectivity index (χ2n) is 6.18. The highest BCUT2D eigenvalue weighted by atomic mass is 32.2. The second kappa shape index (κ2) is 6.27. The van der Waals surface area contributed by atoms with E-state index >= 15 is 0 Å². The molecule has 0 heterocycles. The Kier molecular flexibility index (Phi) is 4.46. The Balaban J connectivity index is 2.05. The van der Waals surface area contributed by atoms with Crippen molar-refractivity contribution in [1.82, 2.24) is 0 Å². The molecule has 2 N–H and O–H groups in total. The van der Waals surface area contributed by atoms with Gasteiger partial charge in [0.1, 0.15) is 5.82 Å². The van der Waals surface area contributed by atoms with Crippen molar-refractivity contribution >= 4 is 9.84 Å². The van der Waals surface area contributed by atoms with E-state index in [0.717, 1.165) is 5.56 Å². The summed E-state index contributed by atoms with van der Waals surface area (Å²) < 4.78 is 44.7. The number of hydrogen-bond acceptors (Lipinski definition) is 4. The van der Waals surface area contributed by atoms with E-state index in [4.69, 9.17) is 10.5 Å². The van der Waals surface area contributed by atoms with Gasteiger partial charge in [-0.05, 0) is 29.8 Å². The quantitative estimate of drug-likeness (QED) is 0.869. The third-order valence-corrected chi connectivity index (χ3v) is 7.15. The number of ether oxygens (including phenoxy) is 1. The van der Waals surface area contributed by atoms with Gasteiger partial charge in [-0.25, -0.2) is 12.8 Å². The van der Waals surface area contributed by atoms with E-state index < -0.39 is 20.5 Å². The maximum absolute atomic E-state index is 13.2. The third-order valence-electron chi connectivity index (χ3n) is 4.81. The van der Waals surface area contributed by atoms with Gasteiger partial charge in [0, 0.05) is 25.0 Å². The topological polar surface area (TPSA) is 69.4 Å². The molecule has 0 spiro atoms. The van der Waals surface area contributed by atoms with Crippen LogP contribution in [0.5, 0.6) is 0 Å². The molecule has 0 saturated heterocycles. The predicted molar refractivity (Wildman–Crippen MR) is 89.9 cm³/mol. The van der Waals surface area contributed by atoms with Crippen molar-refractivity contribution in [3.05, 3.63) is 66.0 Å². The SMILES string of the molecule is COC[C@@]1(CN)[C@H](c2ccc(F)cc2)[C@@H]1S(=O)(=O)c1ccccc1. The standard InChI is InChI=1S/C18H20FNO3S/c1-23-12-18(11-20)16(13-7-9-14(19)10-8-13)17(18)24(21,22)15-5-3-2-4-6-15/h2-10,16-17H,11-12,20H2,1H3/t16-,17+,18+/m1/s1. The fourth-order valence-electron chi connectivity index (χ4n) is 3.62. The molecule has 3 rings (SSSR count). The third kappa shape index (κ3) is 2.64. The van der Waals surface area contributed by atoms with Crippen molar-refractivity contribution < 1.29 is 17.5 Å². The Morgan fingerprint density at radius 2 is 1.75 bits per heavy atom. The van der Waals surface area contributed by atoms with Crippen LogP contribution in [0, 0.1) is 11.2 Å². The molecule has 1 aliphatic carbocycles. The minimum atomic E-state index is -3.57. The molecule has 4 nitrogen and oxygen atoms in total.